The van der Waals surface area contributed by atoms with Crippen molar-refractivity contribution in [3.63, 3.8) is 0 Å². The standard InChI is InChI=1S/C13H17N3O2/c1-15-11-5-3-2-4-9(11)10(14-15)6-16-7-12(17)13(18)8-16/h2-5,12-13,17-18H,6-8H2,1H3. The van der Waals surface area contributed by atoms with Crippen molar-refractivity contribution in [3.05, 3.63) is 30.0 Å². The van der Waals surface area contributed by atoms with Gasteiger partial charge in [-0.1, -0.05) is 18.2 Å². The van der Waals surface area contributed by atoms with Crippen LogP contribution in [0.15, 0.2) is 24.3 Å². The molecular weight excluding hydrogens is 230 g/mol. The lowest BCUT2D eigenvalue weighted by atomic mass is 10.2. The number of aryl methyl sites for hydroxylation is 1. The van der Waals surface area contributed by atoms with Gasteiger partial charge in [-0.15, -0.1) is 0 Å². The summed E-state index contributed by atoms with van der Waals surface area (Å²) in [6, 6.07) is 8.10. The smallest absolute Gasteiger partial charge is 0.0938 e. The summed E-state index contributed by atoms with van der Waals surface area (Å²) in [5.74, 6) is 0. The Balaban J connectivity index is 1.87. The van der Waals surface area contributed by atoms with Gasteiger partial charge in [0.15, 0.2) is 0 Å². The summed E-state index contributed by atoms with van der Waals surface area (Å²) in [7, 11) is 1.93. The number of aliphatic hydroxyl groups excluding tert-OH is 2. The lowest BCUT2D eigenvalue weighted by molar-refractivity contribution is 0.0572. The number of nitrogens with zero attached hydrogens (tertiary/aromatic N) is 3. The average molecular weight is 247 g/mol. The van der Waals surface area contributed by atoms with Crippen molar-refractivity contribution in [2.45, 2.75) is 18.8 Å². The number of hydrogen-bond acceptors (Lipinski definition) is 4. The van der Waals surface area contributed by atoms with Crippen LogP contribution < -0.4 is 0 Å². The van der Waals surface area contributed by atoms with Crippen molar-refractivity contribution in [3.8, 4) is 0 Å². The molecule has 1 aromatic heterocycles. The Morgan fingerprint density at radius 1 is 1.22 bits per heavy atom. The maximum atomic E-state index is 9.55. The molecule has 1 fully saturated rings. The van der Waals surface area contributed by atoms with Crippen molar-refractivity contribution in [1.29, 1.82) is 0 Å². The molecule has 2 atom stereocenters. The van der Waals surface area contributed by atoms with Crippen LogP contribution in [0.1, 0.15) is 5.69 Å². The molecule has 5 heteroatoms. The van der Waals surface area contributed by atoms with Gasteiger partial charge in [-0.25, -0.2) is 0 Å². The maximum Gasteiger partial charge on any atom is 0.0938 e. The minimum absolute atomic E-state index is 0.506. The van der Waals surface area contributed by atoms with E-state index in [0.717, 1.165) is 16.6 Å². The van der Waals surface area contributed by atoms with Gasteiger partial charge in [-0.05, 0) is 6.07 Å². The largest absolute Gasteiger partial charge is 0.389 e. The van der Waals surface area contributed by atoms with Crippen LogP contribution in [0.3, 0.4) is 0 Å². The topological polar surface area (TPSA) is 61.5 Å². The zero-order valence-electron chi connectivity index (χ0n) is 10.3. The molecule has 0 saturated carbocycles. The molecule has 1 aromatic carbocycles. The van der Waals surface area contributed by atoms with Crippen LogP contribution >= 0.6 is 0 Å². The van der Waals surface area contributed by atoms with E-state index in [-0.39, 0.29) is 0 Å². The fraction of sp³-hybridized carbons (Fsp3) is 0.462. The van der Waals surface area contributed by atoms with Gasteiger partial charge in [-0.3, -0.25) is 9.58 Å². The molecule has 2 aromatic rings. The first-order valence-corrected chi connectivity index (χ1v) is 6.14. The van der Waals surface area contributed by atoms with Crippen LogP contribution in [0, 0.1) is 0 Å². The summed E-state index contributed by atoms with van der Waals surface area (Å²) in [6.45, 7) is 1.67. The van der Waals surface area contributed by atoms with Crippen LogP contribution in [0.25, 0.3) is 10.9 Å². The highest BCUT2D eigenvalue weighted by Crippen LogP contribution is 2.21. The van der Waals surface area contributed by atoms with Gasteiger partial charge in [0.25, 0.3) is 0 Å². The van der Waals surface area contributed by atoms with E-state index >= 15 is 0 Å². The summed E-state index contributed by atoms with van der Waals surface area (Å²) in [5.41, 5.74) is 2.10. The van der Waals surface area contributed by atoms with Crippen molar-refractivity contribution in [1.82, 2.24) is 14.7 Å². The summed E-state index contributed by atoms with van der Waals surface area (Å²) in [6.07, 6.45) is -1.28. The third-order valence-corrected chi connectivity index (χ3v) is 3.54. The fourth-order valence-electron chi connectivity index (χ4n) is 2.59. The Morgan fingerprint density at radius 2 is 1.89 bits per heavy atom. The molecule has 3 rings (SSSR count). The molecule has 0 radical (unpaired) electrons. The predicted octanol–water partition coefficient (Wildman–Crippen LogP) is 0.111. The molecule has 1 aliphatic rings. The van der Waals surface area contributed by atoms with E-state index < -0.39 is 12.2 Å². The normalized spacial score (nSPS) is 25.1. The first kappa shape index (κ1) is 11.6. The number of rotatable bonds is 2. The van der Waals surface area contributed by atoms with Crippen molar-refractivity contribution >= 4 is 10.9 Å². The number of likely N-dealkylation sites (tertiary alicyclic amines) is 1. The van der Waals surface area contributed by atoms with E-state index in [2.05, 4.69) is 11.2 Å². The minimum Gasteiger partial charge on any atom is -0.389 e. The second-order valence-electron chi connectivity index (χ2n) is 4.92. The highest BCUT2D eigenvalue weighted by atomic mass is 16.3. The third-order valence-electron chi connectivity index (χ3n) is 3.54. The zero-order chi connectivity index (χ0) is 12.7. The van der Waals surface area contributed by atoms with Crippen molar-refractivity contribution in [2.24, 2.45) is 7.05 Å². The quantitative estimate of drug-likeness (QED) is 0.791. The molecule has 18 heavy (non-hydrogen) atoms. The van der Waals surface area contributed by atoms with Crippen molar-refractivity contribution < 1.29 is 10.2 Å². The van der Waals surface area contributed by atoms with Gasteiger partial charge < -0.3 is 10.2 Å². The summed E-state index contributed by atoms with van der Waals surface area (Å²) in [5, 5.41) is 24.7. The van der Waals surface area contributed by atoms with Gasteiger partial charge >= 0.3 is 0 Å². The molecule has 2 heterocycles. The van der Waals surface area contributed by atoms with Gasteiger partial charge in [-0.2, -0.15) is 5.10 Å². The Kier molecular flexibility index (Phi) is 2.81. The Morgan fingerprint density at radius 3 is 2.61 bits per heavy atom. The van der Waals surface area contributed by atoms with Crippen LogP contribution in [-0.4, -0.2) is 50.2 Å². The molecule has 96 valence electrons. The SMILES string of the molecule is Cn1nc(CN2CC(O)C(O)C2)c2ccccc21. The van der Waals surface area contributed by atoms with E-state index in [1.54, 1.807) is 0 Å². The first-order chi connectivity index (χ1) is 8.65. The molecule has 0 aliphatic carbocycles. The van der Waals surface area contributed by atoms with Crippen LogP contribution in [-0.2, 0) is 13.6 Å². The Labute approximate surface area is 105 Å². The monoisotopic (exact) mass is 247 g/mol. The predicted molar refractivity (Wildman–Crippen MR) is 68.0 cm³/mol. The van der Waals surface area contributed by atoms with Crippen LogP contribution in [0.2, 0.25) is 0 Å². The number of para-hydroxylation sites is 1. The first-order valence-electron chi connectivity index (χ1n) is 6.14. The van der Waals surface area contributed by atoms with Crippen LogP contribution in [0.5, 0.6) is 0 Å². The number of aromatic nitrogens is 2. The van der Waals surface area contributed by atoms with Gasteiger partial charge in [0.2, 0.25) is 0 Å². The van der Waals surface area contributed by atoms with E-state index in [9.17, 15) is 10.2 Å². The lowest BCUT2D eigenvalue weighted by Gasteiger charge is -2.12. The van der Waals surface area contributed by atoms with Gasteiger partial charge in [0.1, 0.15) is 0 Å². The second kappa shape index (κ2) is 4.35. The van der Waals surface area contributed by atoms with E-state index in [1.165, 1.54) is 0 Å². The fourth-order valence-corrected chi connectivity index (χ4v) is 2.59. The lowest BCUT2D eigenvalue weighted by Crippen LogP contribution is -2.22. The molecule has 2 N–H and O–H groups in total. The number of hydrogen-bond donors (Lipinski definition) is 2. The molecule has 1 saturated heterocycles. The van der Waals surface area contributed by atoms with Crippen LogP contribution in [0.4, 0.5) is 0 Å². The van der Waals surface area contributed by atoms with Gasteiger partial charge in [0, 0.05) is 32.1 Å². The summed E-state index contributed by atoms with van der Waals surface area (Å²) < 4.78 is 1.87. The highest BCUT2D eigenvalue weighted by Gasteiger charge is 2.30. The zero-order valence-corrected chi connectivity index (χ0v) is 10.3. The highest BCUT2D eigenvalue weighted by molar-refractivity contribution is 5.81. The van der Waals surface area contributed by atoms with E-state index in [0.29, 0.717) is 19.6 Å². The summed E-state index contributed by atoms with van der Waals surface area (Å²) in [4.78, 5) is 2.03. The van der Waals surface area contributed by atoms with E-state index in [1.807, 2.05) is 34.8 Å². The Bertz CT molecular complexity index is 556. The average Bonchev–Trinajstić information content (AvgIpc) is 2.83. The van der Waals surface area contributed by atoms with Crippen molar-refractivity contribution in [2.75, 3.05) is 13.1 Å². The molecule has 0 bridgehead atoms. The molecule has 0 spiro atoms. The minimum atomic E-state index is -0.639. The second-order valence-corrected chi connectivity index (χ2v) is 4.92. The maximum absolute atomic E-state index is 9.55. The number of fused-ring (bicyclic) bond motifs is 1. The number of β-amino-alcohol motifs (C(OH)–C–C–N with tert-alkyl or cyclic N) is 2. The molecule has 0 amide bonds. The number of aliphatic hydroxyl groups is 2. The Hall–Kier alpha value is -1.43. The summed E-state index contributed by atoms with van der Waals surface area (Å²) >= 11 is 0. The molecule has 5 nitrogen and oxygen atoms in total. The number of benzene rings is 1. The van der Waals surface area contributed by atoms with E-state index in [4.69, 9.17) is 0 Å². The molecule has 2 unspecified atom stereocenters. The molecule has 1 aliphatic heterocycles. The van der Waals surface area contributed by atoms with Gasteiger partial charge in [0.05, 0.1) is 23.4 Å². The molecular formula is C13H17N3O2. The third kappa shape index (κ3) is 1.90.